The van der Waals surface area contributed by atoms with Crippen LogP contribution in [0.5, 0.6) is 0 Å². The smallest absolute Gasteiger partial charge is 0.165 e. The van der Waals surface area contributed by atoms with Gasteiger partial charge in [0.1, 0.15) is 5.92 Å². The lowest BCUT2D eigenvalue weighted by Crippen LogP contribution is -2.21. The molecule has 1 heterocycles. The van der Waals surface area contributed by atoms with E-state index in [2.05, 4.69) is 4.98 Å². The number of carbonyl (C=O) groups is 1. The van der Waals surface area contributed by atoms with Crippen LogP contribution in [-0.2, 0) is 4.79 Å². The van der Waals surface area contributed by atoms with Crippen molar-refractivity contribution in [1.29, 1.82) is 10.7 Å². The number of ketones is 1. The fourth-order valence-corrected chi connectivity index (χ4v) is 2.55. The second-order valence-electron chi connectivity index (χ2n) is 4.34. The van der Waals surface area contributed by atoms with E-state index in [1.165, 1.54) is 18.7 Å². The number of fused-ring (bicyclic) bond motifs is 1. The lowest BCUT2D eigenvalue weighted by Gasteiger charge is -2.06. The summed E-state index contributed by atoms with van der Waals surface area (Å²) in [5, 5.41) is 18.1. The number of thioether (sulfide) groups is 1. The van der Waals surface area contributed by atoms with Crippen molar-refractivity contribution in [2.24, 2.45) is 5.92 Å². The van der Waals surface area contributed by atoms with Gasteiger partial charge in [0.05, 0.1) is 22.4 Å². The van der Waals surface area contributed by atoms with Gasteiger partial charge >= 0.3 is 0 Å². The van der Waals surface area contributed by atoms with Crippen LogP contribution in [0.3, 0.4) is 0 Å². The van der Waals surface area contributed by atoms with Crippen LogP contribution in [0, 0.1) is 22.7 Å². The van der Waals surface area contributed by atoms with E-state index in [9.17, 15) is 4.79 Å². The number of rotatable bonds is 5. The Labute approximate surface area is 121 Å². The number of benzene rings is 1. The second-order valence-corrected chi connectivity index (χ2v) is 5.34. The Balaban J connectivity index is 2.08. The summed E-state index contributed by atoms with van der Waals surface area (Å²) in [4.78, 5) is 16.3. The van der Waals surface area contributed by atoms with Crippen molar-refractivity contribution >= 4 is 34.2 Å². The Bertz CT molecular complexity index is 706. The molecule has 1 N–H and O–H groups in total. The average Bonchev–Trinajstić information content (AvgIpc) is 2.45. The molecule has 1 unspecified atom stereocenters. The highest BCUT2D eigenvalue weighted by molar-refractivity contribution is 7.99. The van der Waals surface area contributed by atoms with Crippen molar-refractivity contribution in [3.05, 3.63) is 36.4 Å². The van der Waals surface area contributed by atoms with Gasteiger partial charge in [0.2, 0.25) is 0 Å². The van der Waals surface area contributed by atoms with Gasteiger partial charge < -0.3 is 5.41 Å². The van der Waals surface area contributed by atoms with Gasteiger partial charge in [0.15, 0.2) is 5.78 Å². The summed E-state index contributed by atoms with van der Waals surface area (Å²) in [6.07, 6.45) is 0. The van der Waals surface area contributed by atoms with Crippen molar-refractivity contribution in [2.45, 2.75) is 11.9 Å². The van der Waals surface area contributed by atoms with Crippen LogP contribution in [0.1, 0.15) is 6.92 Å². The summed E-state index contributed by atoms with van der Waals surface area (Å²) in [5.74, 6) is -1.04. The van der Waals surface area contributed by atoms with Gasteiger partial charge in [-0.2, -0.15) is 5.26 Å². The highest BCUT2D eigenvalue weighted by Crippen LogP contribution is 2.20. The Hall–Kier alpha value is -2.19. The van der Waals surface area contributed by atoms with Crippen molar-refractivity contribution in [3.8, 4) is 6.07 Å². The van der Waals surface area contributed by atoms with E-state index in [4.69, 9.17) is 10.7 Å². The van der Waals surface area contributed by atoms with Crippen molar-refractivity contribution in [3.63, 3.8) is 0 Å². The fourth-order valence-electron chi connectivity index (χ4n) is 1.77. The molecule has 0 fully saturated rings. The van der Waals surface area contributed by atoms with Crippen LogP contribution in [0.2, 0.25) is 0 Å². The highest BCUT2D eigenvalue weighted by atomic mass is 32.2. The Kier molecular flexibility index (Phi) is 4.49. The number of aromatic nitrogens is 1. The molecule has 4 nitrogen and oxygen atoms in total. The third-order valence-electron chi connectivity index (χ3n) is 2.82. The van der Waals surface area contributed by atoms with E-state index in [1.54, 1.807) is 0 Å². The summed E-state index contributed by atoms with van der Waals surface area (Å²) in [6.45, 7) is 1.48. The monoisotopic (exact) mass is 283 g/mol. The molecule has 1 aromatic carbocycles. The zero-order valence-electron chi connectivity index (χ0n) is 11.0. The van der Waals surface area contributed by atoms with E-state index in [-0.39, 0.29) is 17.2 Å². The standard InChI is InChI=1S/C15H13N3OS/c1-10(17)12(8-16)14(19)9-20-15-7-6-11-4-2-3-5-13(11)18-15/h2-7,12,17H,9H2,1H3. The van der Waals surface area contributed by atoms with Crippen LogP contribution < -0.4 is 0 Å². The maximum Gasteiger partial charge on any atom is 0.165 e. The maximum absolute atomic E-state index is 11.8. The number of nitriles is 1. The first-order valence-corrected chi connectivity index (χ1v) is 7.06. The van der Waals surface area contributed by atoms with E-state index < -0.39 is 5.92 Å². The molecule has 1 aromatic heterocycles. The summed E-state index contributed by atoms with van der Waals surface area (Å²) in [6, 6.07) is 13.4. The molecule has 0 spiro atoms. The first-order valence-electron chi connectivity index (χ1n) is 6.08. The molecule has 0 aliphatic heterocycles. The third kappa shape index (κ3) is 3.22. The van der Waals surface area contributed by atoms with Crippen LogP contribution in [0.4, 0.5) is 0 Å². The summed E-state index contributed by atoms with van der Waals surface area (Å²) < 4.78 is 0. The SMILES string of the molecule is CC(=N)C(C#N)C(=O)CSc1ccc2ccccc2n1. The predicted octanol–water partition coefficient (Wildman–Crippen LogP) is 3.08. The van der Waals surface area contributed by atoms with E-state index in [0.29, 0.717) is 0 Å². The van der Waals surface area contributed by atoms with Gasteiger partial charge in [-0.05, 0) is 19.1 Å². The molecule has 2 rings (SSSR count). The molecule has 0 saturated heterocycles. The Morgan fingerprint density at radius 3 is 2.85 bits per heavy atom. The maximum atomic E-state index is 11.8. The molecule has 0 amide bonds. The number of nitrogens with one attached hydrogen (secondary N) is 1. The van der Waals surface area contributed by atoms with Crippen LogP contribution in [0.15, 0.2) is 41.4 Å². The highest BCUT2D eigenvalue weighted by Gasteiger charge is 2.20. The number of hydrogen-bond donors (Lipinski definition) is 1. The first kappa shape index (κ1) is 14.2. The van der Waals surface area contributed by atoms with Crippen LogP contribution >= 0.6 is 11.8 Å². The lowest BCUT2D eigenvalue weighted by atomic mass is 10.0. The van der Waals surface area contributed by atoms with Crippen LogP contribution in [0.25, 0.3) is 10.9 Å². The second kappa shape index (κ2) is 6.31. The van der Waals surface area contributed by atoms with Gasteiger partial charge in [0.25, 0.3) is 0 Å². The average molecular weight is 283 g/mol. The quantitative estimate of drug-likeness (QED) is 0.675. The van der Waals surface area contributed by atoms with Crippen molar-refractivity contribution < 1.29 is 4.79 Å². The molecule has 0 aliphatic rings. The molecule has 5 heteroatoms. The van der Waals surface area contributed by atoms with Gasteiger partial charge in [-0.15, -0.1) is 0 Å². The molecule has 2 aromatic rings. The van der Waals surface area contributed by atoms with Gasteiger partial charge in [0, 0.05) is 11.1 Å². The number of hydrogen-bond acceptors (Lipinski definition) is 5. The lowest BCUT2D eigenvalue weighted by molar-refractivity contribution is -0.117. The summed E-state index contributed by atoms with van der Waals surface area (Å²) in [7, 11) is 0. The fraction of sp³-hybridized carbons (Fsp3) is 0.200. The zero-order valence-corrected chi connectivity index (χ0v) is 11.8. The normalized spacial score (nSPS) is 11.8. The van der Waals surface area contributed by atoms with E-state index >= 15 is 0 Å². The third-order valence-corrected chi connectivity index (χ3v) is 3.77. The predicted molar refractivity (Wildman–Crippen MR) is 80.0 cm³/mol. The number of pyridine rings is 1. The van der Waals surface area contributed by atoms with E-state index in [0.717, 1.165) is 15.9 Å². The zero-order chi connectivity index (χ0) is 14.5. The molecular formula is C15H13N3OS. The van der Waals surface area contributed by atoms with Crippen molar-refractivity contribution in [1.82, 2.24) is 4.98 Å². The number of para-hydroxylation sites is 1. The molecule has 0 radical (unpaired) electrons. The number of Topliss-reactive ketones (excluding diaryl/α,β-unsaturated/α-hetero) is 1. The molecule has 0 aliphatic carbocycles. The van der Waals surface area contributed by atoms with Gasteiger partial charge in [-0.3, -0.25) is 4.79 Å². The number of carbonyl (C=O) groups excluding carboxylic acids is 1. The Morgan fingerprint density at radius 1 is 1.40 bits per heavy atom. The molecule has 1 atom stereocenters. The topological polar surface area (TPSA) is 77.6 Å². The molecule has 20 heavy (non-hydrogen) atoms. The molecule has 0 bridgehead atoms. The minimum absolute atomic E-state index is 0.0876. The van der Waals surface area contributed by atoms with Crippen molar-refractivity contribution in [2.75, 3.05) is 5.75 Å². The molecule has 0 saturated carbocycles. The Morgan fingerprint density at radius 2 is 2.15 bits per heavy atom. The summed E-state index contributed by atoms with van der Waals surface area (Å²) >= 11 is 1.30. The minimum Gasteiger partial charge on any atom is -0.308 e. The molecular weight excluding hydrogens is 270 g/mol. The first-order chi connectivity index (χ1) is 9.61. The van der Waals surface area contributed by atoms with E-state index in [1.807, 2.05) is 42.5 Å². The minimum atomic E-state index is -0.942. The van der Waals surface area contributed by atoms with Crippen LogP contribution in [-0.4, -0.2) is 22.2 Å². The molecule has 100 valence electrons. The largest absolute Gasteiger partial charge is 0.308 e. The van der Waals surface area contributed by atoms with Gasteiger partial charge in [-0.1, -0.05) is 36.0 Å². The number of nitrogens with zero attached hydrogens (tertiary/aromatic N) is 2. The van der Waals surface area contributed by atoms with Gasteiger partial charge in [-0.25, -0.2) is 4.98 Å². The summed E-state index contributed by atoms with van der Waals surface area (Å²) in [5.41, 5.74) is 0.967.